The highest BCUT2D eigenvalue weighted by atomic mass is 35.5. The van der Waals surface area contributed by atoms with Gasteiger partial charge in [-0.1, -0.05) is 40.9 Å². The van der Waals surface area contributed by atoms with Crippen molar-refractivity contribution in [1.29, 1.82) is 0 Å². The van der Waals surface area contributed by atoms with Gasteiger partial charge in [-0.05, 0) is 12.1 Å². The second-order valence-corrected chi connectivity index (χ2v) is 4.02. The van der Waals surface area contributed by atoms with Gasteiger partial charge in [-0.3, -0.25) is 0 Å². The van der Waals surface area contributed by atoms with E-state index in [1.54, 1.807) is 24.3 Å². The highest BCUT2D eigenvalue weighted by Crippen LogP contribution is 2.33. The van der Waals surface area contributed by atoms with Crippen LogP contribution in [0.4, 0.5) is 0 Å². The molecular weight excluding hydrogens is 254 g/mol. The van der Waals surface area contributed by atoms with Gasteiger partial charge in [0.05, 0.1) is 15.7 Å². The highest BCUT2D eigenvalue weighted by Gasteiger charge is 2.09. The van der Waals surface area contributed by atoms with Crippen molar-refractivity contribution in [2.45, 2.75) is 0 Å². The molecule has 0 radical (unpaired) electrons. The van der Waals surface area contributed by atoms with Crippen molar-refractivity contribution in [3.8, 4) is 11.3 Å². The molecule has 0 bridgehead atoms. The Bertz CT molecular complexity index is 480. The van der Waals surface area contributed by atoms with Gasteiger partial charge in [-0.2, -0.15) is 0 Å². The van der Waals surface area contributed by atoms with Gasteiger partial charge < -0.3 is 0 Å². The maximum Gasteiger partial charge on any atom is 0.133 e. The minimum atomic E-state index is 0.357. The van der Waals surface area contributed by atoms with Crippen LogP contribution in [0.2, 0.25) is 15.2 Å². The molecule has 0 atom stereocenters. The summed E-state index contributed by atoms with van der Waals surface area (Å²) in [6.45, 7) is 0. The summed E-state index contributed by atoms with van der Waals surface area (Å²) in [6.07, 6.45) is 1.37. The van der Waals surface area contributed by atoms with Crippen LogP contribution in [0.15, 0.2) is 30.6 Å². The Morgan fingerprint density at radius 3 is 2.20 bits per heavy atom. The molecule has 0 spiro atoms. The lowest BCUT2D eigenvalue weighted by atomic mass is 10.1. The van der Waals surface area contributed by atoms with E-state index in [-0.39, 0.29) is 0 Å². The fraction of sp³-hybridized carbons (Fsp3) is 0. The highest BCUT2D eigenvalue weighted by molar-refractivity contribution is 6.39. The Morgan fingerprint density at radius 1 is 0.933 bits per heavy atom. The molecule has 0 saturated heterocycles. The zero-order valence-corrected chi connectivity index (χ0v) is 9.68. The average molecular weight is 260 g/mol. The monoisotopic (exact) mass is 258 g/mol. The summed E-state index contributed by atoms with van der Waals surface area (Å²) >= 11 is 17.8. The van der Waals surface area contributed by atoms with Crippen molar-refractivity contribution < 1.29 is 0 Å². The molecule has 0 N–H and O–H groups in total. The number of aromatic nitrogens is 2. The van der Waals surface area contributed by atoms with Crippen LogP contribution < -0.4 is 0 Å². The topological polar surface area (TPSA) is 25.8 Å². The molecule has 76 valence electrons. The third-order valence-electron chi connectivity index (χ3n) is 1.85. The summed E-state index contributed by atoms with van der Waals surface area (Å²) in [5.41, 5.74) is 1.29. The van der Waals surface area contributed by atoms with E-state index in [2.05, 4.69) is 9.97 Å². The Labute approximate surface area is 102 Å². The molecule has 1 heterocycles. The molecule has 2 rings (SSSR count). The SMILES string of the molecule is Clc1cc(-c2c(Cl)cccc2Cl)ncn1. The van der Waals surface area contributed by atoms with Crippen LogP contribution >= 0.6 is 34.8 Å². The van der Waals surface area contributed by atoms with Crippen molar-refractivity contribution in [1.82, 2.24) is 9.97 Å². The number of hydrogen-bond donors (Lipinski definition) is 0. The Morgan fingerprint density at radius 2 is 1.60 bits per heavy atom. The van der Waals surface area contributed by atoms with Crippen LogP contribution in [-0.4, -0.2) is 9.97 Å². The molecule has 2 nitrogen and oxygen atoms in total. The third-order valence-corrected chi connectivity index (χ3v) is 2.69. The molecule has 15 heavy (non-hydrogen) atoms. The van der Waals surface area contributed by atoms with Crippen molar-refractivity contribution in [3.05, 3.63) is 45.8 Å². The fourth-order valence-electron chi connectivity index (χ4n) is 1.21. The molecular formula is C10H5Cl3N2. The molecule has 0 aliphatic heterocycles. The van der Waals surface area contributed by atoms with Crippen LogP contribution in [0.3, 0.4) is 0 Å². The van der Waals surface area contributed by atoms with Gasteiger partial charge in [0, 0.05) is 11.6 Å². The van der Waals surface area contributed by atoms with Crippen molar-refractivity contribution in [2.24, 2.45) is 0 Å². The zero-order chi connectivity index (χ0) is 10.8. The van der Waals surface area contributed by atoms with Crippen molar-refractivity contribution in [3.63, 3.8) is 0 Å². The van der Waals surface area contributed by atoms with Crippen molar-refractivity contribution >= 4 is 34.8 Å². The maximum atomic E-state index is 6.03. The van der Waals surface area contributed by atoms with Crippen LogP contribution in [-0.2, 0) is 0 Å². The minimum absolute atomic E-state index is 0.357. The number of nitrogens with zero attached hydrogens (tertiary/aromatic N) is 2. The number of hydrogen-bond acceptors (Lipinski definition) is 2. The molecule has 1 aromatic heterocycles. The summed E-state index contributed by atoms with van der Waals surface area (Å²) in [4.78, 5) is 7.86. The summed E-state index contributed by atoms with van der Waals surface area (Å²) in [7, 11) is 0. The fourth-order valence-corrected chi connectivity index (χ4v) is 1.95. The molecule has 0 unspecified atom stereocenters. The quantitative estimate of drug-likeness (QED) is 0.721. The van der Waals surface area contributed by atoms with E-state index >= 15 is 0 Å². The van der Waals surface area contributed by atoms with E-state index in [1.165, 1.54) is 6.33 Å². The molecule has 5 heteroatoms. The van der Waals surface area contributed by atoms with Crippen LogP contribution in [0.5, 0.6) is 0 Å². The van der Waals surface area contributed by atoms with E-state index in [0.717, 1.165) is 0 Å². The van der Waals surface area contributed by atoms with Gasteiger partial charge in [-0.25, -0.2) is 9.97 Å². The maximum absolute atomic E-state index is 6.03. The molecule has 1 aromatic carbocycles. The van der Waals surface area contributed by atoms with E-state index in [0.29, 0.717) is 26.5 Å². The summed E-state index contributed by atoms with van der Waals surface area (Å²) in [5.74, 6) is 0. The predicted molar refractivity (Wildman–Crippen MR) is 62.5 cm³/mol. The predicted octanol–water partition coefficient (Wildman–Crippen LogP) is 4.10. The van der Waals surface area contributed by atoms with Crippen LogP contribution in [0.1, 0.15) is 0 Å². The van der Waals surface area contributed by atoms with Gasteiger partial charge in [0.1, 0.15) is 11.5 Å². The number of rotatable bonds is 1. The first-order chi connectivity index (χ1) is 7.18. The van der Waals surface area contributed by atoms with Gasteiger partial charge in [-0.15, -0.1) is 0 Å². The van der Waals surface area contributed by atoms with E-state index in [4.69, 9.17) is 34.8 Å². The second kappa shape index (κ2) is 4.35. The lowest BCUT2D eigenvalue weighted by Crippen LogP contribution is -1.87. The first-order valence-electron chi connectivity index (χ1n) is 4.10. The summed E-state index contributed by atoms with van der Waals surface area (Å²) in [5, 5.41) is 1.44. The standard InChI is InChI=1S/C10H5Cl3N2/c11-6-2-1-3-7(12)10(6)8-4-9(13)15-5-14-8/h1-5H. The molecule has 0 amide bonds. The van der Waals surface area contributed by atoms with Gasteiger partial charge in [0.2, 0.25) is 0 Å². The molecule has 2 aromatic rings. The Kier molecular flexibility index (Phi) is 3.10. The van der Waals surface area contributed by atoms with E-state index in [9.17, 15) is 0 Å². The average Bonchev–Trinajstić information content (AvgIpc) is 2.17. The van der Waals surface area contributed by atoms with Crippen LogP contribution in [0, 0.1) is 0 Å². The van der Waals surface area contributed by atoms with Gasteiger partial charge >= 0.3 is 0 Å². The largest absolute Gasteiger partial charge is 0.236 e. The lowest BCUT2D eigenvalue weighted by molar-refractivity contribution is 1.17. The van der Waals surface area contributed by atoms with Gasteiger partial charge in [0.25, 0.3) is 0 Å². The lowest BCUT2D eigenvalue weighted by Gasteiger charge is -2.05. The second-order valence-electron chi connectivity index (χ2n) is 2.82. The smallest absolute Gasteiger partial charge is 0.133 e. The van der Waals surface area contributed by atoms with Crippen LogP contribution in [0.25, 0.3) is 11.3 Å². The number of halogens is 3. The Balaban J connectivity index is 2.63. The number of benzene rings is 1. The van der Waals surface area contributed by atoms with E-state index in [1.807, 2.05) is 0 Å². The Hall–Kier alpha value is -0.830. The molecule has 0 saturated carbocycles. The van der Waals surface area contributed by atoms with Crippen molar-refractivity contribution in [2.75, 3.05) is 0 Å². The molecule has 0 aliphatic carbocycles. The summed E-state index contributed by atoms with van der Waals surface area (Å²) < 4.78 is 0. The molecule has 0 fully saturated rings. The first kappa shape index (κ1) is 10.7. The minimum Gasteiger partial charge on any atom is -0.236 e. The third kappa shape index (κ3) is 2.23. The van der Waals surface area contributed by atoms with E-state index < -0.39 is 0 Å². The zero-order valence-electron chi connectivity index (χ0n) is 7.42. The normalized spacial score (nSPS) is 10.3. The summed E-state index contributed by atoms with van der Waals surface area (Å²) in [6, 6.07) is 6.89. The molecule has 0 aliphatic rings. The van der Waals surface area contributed by atoms with Gasteiger partial charge in [0.15, 0.2) is 0 Å². The first-order valence-corrected chi connectivity index (χ1v) is 5.24.